The Morgan fingerprint density at radius 3 is 2.67 bits per heavy atom. The van der Waals surface area contributed by atoms with Crippen LogP contribution in [0.1, 0.15) is 26.5 Å². The zero-order valence-electron chi connectivity index (χ0n) is 10.8. The van der Waals surface area contributed by atoms with Gasteiger partial charge in [0.1, 0.15) is 10.8 Å². The molecule has 0 radical (unpaired) electrons. The summed E-state index contributed by atoms with van der Waals surface area (Å²) < 4.78 is 6.88. The van der Waals surface area contributed by atoms with Crippen LogP contribution in [0.15, 0.2) is 18.3 Å². The average Bonchev–Trinajstić information content (AvgIpc) is 2.50. The molecule has 0 spiro atoms. The van der Waals surface area contributed by atoms with Crippen LogP contribution in [0.4, 0.5) is 4.79 Å². The van der Waals surface area contributed by atoms with E-state index in [-0.39, 0.29) is 0 Å². The number of hydrogen-bond acceptors (Lipinski definition) is 3. The molecule has 2 aromatic rings. The molecule has 0 aromatic carbocycles. The highest BCUT2D eigenvalue weighted by Crippen LogP contribution is 2.22. The van der Waals surface area contributed by atoms with Gasteiger partial charge in [-0.2, -0.15) is 0 Å². The highest BCUT2D eigenvalue weighted by Gasteiger charge is 2.20. The Balaban J connectivity index is 2.53. The first-order valence-electron chi connectivity index (χ1n) is 5.65. The van der Waals surface area contributed by atoms with Crippen LogP contribution in [0.2, 0.25) is 5.15 Å². The molecule has 0 bridgehead atoms. The van der Waals surface area contributed by atoms with E-state index >= 15 is 0 Å². The van der Waals surface area contributed by atoms with Crippen LogP contribution in [-0.2, 0) is 4.74 Å². The van der Waals surface area contributed by atoms with Crippen LogP contribution in [0.5, 0.6) is 0 Å². The number of ether oxygens (including phenoxy) is 1. The van der Waals surface area contributed by atoms with Crippen LogP contribution >= 0.6 is 11.6 Å². The molecule has 0 saturated heterocycles. The third kappa shape index (κ3) is 2.48. The molecule has 2 aromatic heterocycles. The lowest BCUT2D eigenvalue weighted by atomic mass is 10.2. The third-order valence-corrected chi connectivity index (χ3v) is 2.62. The number of carbonyl (C=O) groups excluding carboxylic acids is 1. The molecule has 0 aliphatic rings. The van der Waals surface area contributed by atoms with E-state index in [0.717, 1.165) is 11.1 Å². The van der Waals surface area contributed by atoms with E-state index in [1.165, 1.54) is 4.57 Å². The number of aromatic nitrogens is 2. The van der Waals surface area contributed by atoms with Crippen molar-refractivity contribution >= 4 is 28.6 Å². The van der Waals surface area contributed by atoms with Gasteiger partial charge in [-0.25, -0.2) is 14.3 Å². The van der Waals surface area contributed by atoms with E-state index in [0.29, 0.717) is 10.7 Å². The number of pyridine rings is 1. The van der Waals surface area contributed by atoms with E-state index in [9.17, 15) is 4.79 Å². The van der Waals surface area contributed by atoms with Crippen LogP contribution in [0.25, 0.3) is 10.9 Å². The molecule has 0 N–H and O–H groups in total. The quantitative estimate of drug-likeness (QED) is 0.682. The van der Waals surface area contributed by atoms with E-state index < -0.39 is 11.7 Å². The second-order valence-electron chi connectivity index (χ2n) is 5.17. The Morgan fingerprint density at radius 1 is 1.39 bits per heavy atom. The molecule has 2 rings (SSSR count). The summed E-state index contributed by atoms with van der Waals surface area (Å²) in [5.74, 6) is 0. The predicted molar refractivity (Wildman–Crippen MR) is 71.1 cm³/mol. The van der Waals surface area contributed by atoms with Gasteiger partial charge in [0.05, 0.1) is 5.52 Å². The van der Waals surface area contributed by atoms with Crippen molar-refractivity contribution in [2.75, 3.05) is 0 Å². The summed E-state index contributed by atoms with van der Waals surface area (Å²) in [4.78, 5) is 16.1. The Kier molecular flexibility index (Phi) is 3.07. The monoisotopic (exact) mass is 266 g/mol. The standard InChI is InChI=1S/C13H15ClN2O2/c1-8-5-9-7-15-11(14)6-10(9)16(8)12(17)18-13(2,3)4/h5-7H,1-4H3. The maximum absolute atomic E-state index is 12.1. The molecule has 0 aliphatic heterocycles. The van der Waals surface area contributed by atoms with Gasteiger partial charge in [-0.1, -0.05) is 11.6 Å². The molecule has 5 heteroatoms. The van der Waals surface area contributed by atoms with Crippen LogP contribution in [0.3, 0.4) is 0 Å². The molecule has 4 nitrogen and oxygen atoms in total. The Bertz CT molecular complexity index is 611. The number of nitrogens with zero attached hydrogens (tertiary/aromatic N) is 2. The molecular weight excluding hydrogens is 252 g/mol. The van der Waals surface area contributed by atoms with Gasteiger partial charge in [-0.3, -0.25) is 0 Å². The lowest BCUT2D eigenvalue weighted by Gasteiger charge is -2.20. The first-order chi connectivity index (χ1) is 8.28. The number of hydrogen-bond donors (Lipinski definition) is 0. The lowest BCUT2D eigenvalue weighted by Crippen LogP contribution is -2.27. The van der Waals surface area contributed by atoms with E-state index in [1.807, 2.05) is 33.8 Å². The minimum atomic E-state index is -0.531. The highest BCUT2D eigenvalue weighted by molar-refractivity contribution is 6.30. The van der Waals surface area contributed by atoms with E-state index in [1.54, 1.807) is 12.3 Å². The fraction of sp³-hybridized carbons (Fsp3) is 0.385. The smallest absolute Gasteiger partial charge is 0.419 e. The Labute approximate surface area is 111 Å². The van der Waals surface area contributed by atoms with Crippen molar-refractivity contribution in [2.24, 2.45) is 0 Å². The molecule has 0 aliphatic carbocycles. The third-order valence-electron chi connectivity index (χ3n) is 2.41. The van der Waals surface area contributed by atoms with Crippen molar-refractivity contribution in [2.45, 2.75) is 33.3 Å². The average molecular weight is 267 g/mol. The van der Waals surface area contributed by atoms with Crippen molar-refractivity contribution in [1.82, 2.24) is 9.55 Å². The molecule has 0 fully saturated rings. The summed E-state index contributed by atoms with van der Waals surface area (Å²) in [5.41, 5.74) is 0.974. The molecule has 0 saturated carbocycles. The van der Waals surface area contributed by atoms with Gasteiger partial charge in [0.15, 0.2) is 0 Å². The maximum atomic E-state index is 12.1. The molecular formula is C13H15ClN2O2. The minimum absolute atomic E-state index is 0.352. The van der Waals surface area contributed by atoms with Gasteiger partial charge in [-0.15, -0.1) is 0 Å². The molecule has 2 heterocycles. The molecule has 0 unspecified atom stereocenters. The predicted octanol–water partition coefficient (Wildman–Crippen LogP) is 3.78. The largest absolute Gasteiger partial charge is 0.443 e. The van der Waals surface area contributed by atoms with Gasteiger partial charge < -0.3 is 4.74 Å². The summed E-state index contributed by atoms with van der Waals surface area (Å²) in [6, 6.07) is 3.54. The van der Waals surface area contributed by atoms with Gasteiger partial charge >= 0.3 is 6.09 Å². The Morgan fingerprint density at radius 2 is 2.06 bits per heavy atom. The van der Waals surface area contributed by atoms with E-state index in [2.05, 4.69) is 4.98 Å². The summed E-state index contributed by atoms with van der Waals surface area (Å²) in [6.07, 6.45) is 1.24. The van der Waals surface area contributed by atoms with Crippen molar-refractivity contribution in [3.05, 3.63) is 29.2 Å². The molecule has 0 atom stereocenters. The van der Waals surface area contributed by atoms with Crippen molar-refractivity contribution < 1.29 is 9.53 Å². The number of fused-ring (bicyclic) bond motifs is 1. The minimum Gasteiger partial charge on any atom is -0.443 e. The van der Waals surface area contributed by atoms with Crippen molar-refractivity contribution in [3.63, 3.8) is 0 Å². The summed E-state index contributed by atoms with van der Waals surface area (Å²) >= 11 is 5.86. The van der Waals surface area contributed by atoms with Crippen LogP contribution in [0, 0.1) is 6.92 Å². The highest BCUT2D eigenvalue weighted by atomic mass is 35.5. The maximum Gasteiger partial charge on any atom is 0.419 e. The van der Waals surface area contributed by atoms with Crippen molar-refractivity contribution in [3.8, 4) is 0 Å². The normalized spacial score (nSPS) is 11.8. The summed E-state index contributed by atoms with van der Waals surface area (Å²) in [6.45, 7) is 7.35. The number of carbonyl (C=O) groups is 1. The first-order valence-corrected chi connectivity index (χ1v) is 6.03. The fourth-order valence-corrected chi connectivity index (χ4v) is 1.92. The number of rotatable bonds is 0. The fourth-order valence-electron chi connectivity index (χ4n) is 1.77. The van der Waals surface area contributed by atoms with Gasteiger partial charge in [0.2, 0.25) is 0 Å². The zero-order valence-corrected chi connectivity index (χ0v) is 11.6. The zero-order chi connectivity index (χ0) is 13.5. The Hall–Kier alpha value is -1.55. The summed E-state index contributed by atoms with van der Waals surface area (Å²) in [7, 11) is 0. The lowest BCUT2D eigenvalue weighted by molar-refractivity contribution is 0.0542. The van der Waals surface area contributed by atoms with Gasteiger partial charge in [0.25, 0.3) is 0 Å². The van der Waals surface area contributed by atoms with Gasteiger partial charge in [-0.05, 0) is 33.8 Å². The second kappa shape index (κ2) is 4.28. The molecule has 18 heavy (non-hydrogen) atoms. The molecule has 96 valence electrons. The van der Waals surface area contributed by atoms with Crippen molar-refractivity contribution in [1.29, 1.82) is 0 Å². The second-order valence-corrected chi connectivity index (χ2v) is 5.55. The van der Waals surface area contributed by atoms with Gasteiger partial charge in [0, 0.05) is 23.3 Å². The number of aryl methyl sites for hydroxylation is 1. The number of halogens is 1. The first kappa shape index (κ1) is 12.9. The van der Waals surface area contributed by atoms with Crippen LogP contribution in [-0.4, -0.2) is 21.2 Å². The van der Waals surface area contributed by atoms with E-state index in [4.69, 9.17) is 16.3 Å². The summed E-state index contributed by atoms with van der Waals surface area (Å²) in [5, 5.41) is 1.22. The van der Waals surface area contributed by atoms with Crippen LogP contribution < -0.4 is 0 Å². The topological polar surface area (TPSA) is 44.1 Å². The molecule has 0 amide bonds. The SMILES string of the molecule is Cc1cc2cnc(Cl)cc2n1C(=O)OC(C)(C)C.